The predicted octanol–water partition coefficient (Wildman–Crippen LogP) is 5.91. The fourth-order valence-electron chi connectivity index (χ4n) is 4.20. The molecule has 3 nitrogen and oxygen atoms in total. The van der Waals surface area contributed by atoms with E-state index >= 15 is 0 Å². The van der Waals surface area contributed by atoms with E-state index in [-0.39, 0.29) is 0 Å². The van der Waals surface area contributed by atoms with Crippen molar-refractivity contribution in [1.29, 1.82) is 0 Å². The van der Waals surface area contributed by atoms with E-state index in [1.165, 1.54) is 53.9 Å². The molecule has 0 N–H and O–H groups in total. The Morgan fingerprint density at radius 3 is 2.71 bits per heavy atom. The largest absolute Gasteiger partial charge is 0.253 e. The van der Waals surface area contributed by atoms with Gasteiger partial charge in [-0.1, -0.05) is 54.1 Å². The summed E-state index contributed by atoms with van der Waals surface area (Å²) in [5.74, 6) is 0. The number of allylic oxidation sites excluding steroid dienone is 4. The van der Waals surface area contributed by atoms with Gasteiger partial charge in [0, 0.05) is 6.20 Å². The van der Waals surface area contributed by atoms with Gasteiger partial charge in [-0.3, -0.25) is 4.98 Å². The number of aryl methyl sites for hydroxylation is 1. The van der Waals surface area contributed by atoms with Crippen LogP contribution in [0.15, 0.2) is 85.0 Å². The normalized spacial score (nSPS) is 15.0. The quantitative estimate of drug-likeness (QED) is 0.389. The molecular formula is C25H21N3. The Bertz CT molecular complexity index is 1160. The first-order valence-corrected chi connectivity index (χ1v) is 9.80. The van der Waals surface area contributed by atoms with E-state index in [0.29, 0.717) is 0 Å². The summed E-state index contributed by atoms with van der Waals surface area (Å²) >= 11 is 0. The lowest BCUT2D eigenvalue weighted by atomic mass is 9.80. The van der Waals surface area contributed by atoms with Gasteiger partial charge < -0.3 is 0 Å². The van der Waals surface area contributed by atoms with Crippen molar-refractivity contribution in [2.75, 3.05) is 0 Å². The molecule has 4 aromatic rings. The summed E-state index contributed by atoms with van der Waals surface area (Å²) in [6.07, 6.45) is 14.6. The van der Waals surface area contributed by atoms with Gasteiger partial charge in [-0.2, -0.15) is 0 Å². The van der Waals surface area contributed by atoms with E-state index in [1.54, 1.807) is 23.5 Å². The number of aromatic nitrogens is 3. The van der Waals surface area contributed by atoms with Crippen LogP contribution in [0.5, 0.6) is 0 Å². The number of hydrogen-bond donors (Lipinski definition) is 0. The fourth-order valence-corrected chi connectivity index (χ4v) is 4.20. The lowest BCUT2D eigenvalue weighted by molar-refractivity contribution is 0.831. The minimum Gasteiger partial charge on any atom is -0.253 e. The van der Waals surface area contributed by atoms with E-state index in [1.807, 2.05) is 12.1 Å². The van der Waals surface area contributed by atoms with Crippen LogP contribution in [0, 0.1) is 0 Å². The molecule has 0 amide bonds. The molecule has 0 aliphatic heterocycles. The summed E-state index contributed by atoms with van der Waals surface area (Å²) in [5.41, 5.74) is 7.93. The van der Waals surface area contributed by atoms with E-state index in [2.05, 4.69) is 63.5 Å². The monoisotopic (exact) mass is 363 g/mol. The lowest BCUT2D eigenvalue weighted by Crippen LogP contribution is -2.06. The molecule has 2 aliphatic rings. The number of benzene rings is 2. The molecule has 2 aromatic heterocycles. The Kier molecular flexibility index (Phi) is 4.42. The number of rotatable bonds is 0. The van der Waals surface area contributed by atoms with Crippen LogP contribution in [0.4, 0.5) is 0 Å². The molecule has 2 heterocycles. The van der Waals surface area contributed by atoms with Crippen molar-refractivity contribution in [3.05, 3.63) is 96.1 Å². The first-order chi connectivity index (χ1) is 13.9. The van der Waals surface area contributed by atoms with Crippen molar-refractivity contribution in [2.24, 2.45) is 0 Å². The number of fused-ring (bicyclic) bond motifs is 5. The van der Waals surface area contributed by atoms with Crippen molar-refractivity contribution >= 4 is 27.4 Å². The van der Waals surface area contributed by atoms with Crippen molar-refractivity contribution in [3.8, 4) is 0 Å². The highest BCUT2D eigenvalue weighted by Gasteiger charge is 2.20. The highest BCUT2D eigenvalue weighted by atomic mass is 14.8. The van der Waals surface area contributed by atoms with Crippen LogP contribution in [0.1, 0.15) is 30.4 Å². The molecule has 6 rings (SSSR count). The average molecular weight is 363 g/mol. The van der Waals surface area contributed by atoms with Gasteiger partial charge >= 0.3 is 0 Å². The van der Waals surface area contributed by atoms with E-state index in [4.69, 9.17) is 0 Å². The molecule has 2 aliphatic carbocycles. The van der Waals surface area contributed by atoms with Gasteiger partial charge in [0.15, 0.2) is 0 Å². The molecule has 28 heavy (non-hydrogen) atoms. The van der Waals surface area contributed by atoms with Crippen LogP contribution in [-0.2, 0) is 6.42 Å². The second-order valence-corrected chi connectivity index (χ2v) is 7.20. The second-order valence-electron chi connectivity index (χ2n) is 7.20. The van der Waals surface area contributed by atoms with Gasteiger partial charge in [0.2, 0.25) is 0 Å². The molecule has 0 fully saturated rings. The molecular weight excluding hydrogens is 342 g/mol. The maximum Gasteiger partial charge on any atom is 0.116 e. The average Bonchev–Trinajstić information content (AvgIpc) is 2.79. The zero-order chi connectivity index (χ0) is 18.8. The smallest absolute Gasteiger partial charge is 0.116 e. The van der Waals surface area contributed by atoms with Crippen LogP contribution in [0.2, 0.25) is 0 Å². The third-order valence-electron chi connectivity index (χ3n) is 5.56. The molecule has 0 saturated heterocycles. The number of hydrogen-bond acceptors (Lipinski definition) is 3. The Morgan fingerprint density at radius 2 is 1.75 bits per heavy atom. The third kappa shape index (κ3) is 3.09. The summed E-state index contributed by atoms with van der Waals surface area (Å²) in [6, 6.07) is 17.1. The summed E-state index contributed by atoms with van der Waals surface area (Å²) < 4.78 is 0. The van der Waals surface area contributed by atoms with E-state index in [0.717, 1.165) is 11.0 Å². The third-order valence-corrected chi connectivity index (χ3v) is 5.56. The Hall–Kier alpha value is -3.33. The molecule has 136 valence electrons. The Balaban J connectivity index is 0.000000145. The van der Waals surface area contributed by atoms with Gasteiger partial charge in [-0.05, 0) is 65.3 Å². The van der Waals surface area contributed by atoms with Crippen molar-refractivity contribution < 1.29 is 0 Å². The first-order valence-electron chi connectivity index (χ1n) is 9.80. The van der Waals surface area contributed by atoms with Gasteiger partial charge in [-0.15, -0.1) is 0 Å². The minimum atomic E-state index is 0.838. The van der Waals surface area contributed by atoms with E-state index < -0.39 is 0 Å². The standard InChI is InChI=1S/C18H16.C7H5N3/c1-3-7-15-13(5-1)9-11-18-16-8-4-2-6-14(16)10-12-17(15)18;1-2-6-7(9-3-1)4-8-5-10-6/h1,3-5,7-9,11H,2,6,10,12H2;1-5H. The second kappa shape index (κ2) is 7.35. The zero-order valence-electron chi connectivity index (χ0n) is 15.7. The summed E-state index contributed by atoms with van der Waals surface area (Å²) in [5, 5.41) is 2.82. The van der Waals surface area contributed by atoms with Crippen LogP contribution < -0.4 is 0 Å². The molecule has 0 saturated carbocycles. The van der Waals surface area contributed by atoms with Crippen LogP contribution >= 0.6 is 0 Å². The molecule has 0 radical (unpaired) electrons. The van der Waals surface area contributed by atoms with Gasteiger partial charge in [-0.25, -0.2) is 9.97 Å². The molecule has 0 bridgehead atoms. The SMILES string of the molecule is C1=CC2=C(CC1)CCc1c2ccc2ccccc12.c1cnc2cncnc2c1. The summed E-state index contributed by atoms with van der Waals surface area (Å²) in [4.78, 5) is 11.9. The molecule has 2 aromatic carbocycles. The van der Waals surface area contributed by atoms with Crippen LogP contribution in [-0.4, -0.2) is 15.0 Å². The molecule has 0 atom stereocenters. The zero-order valence-corrected chi connectivity index (χ0v) is 15.7. The number of pyridine rings is 1. The lowest BCUT2D eigenvalue weighted by Gasteiger charge is -2.25. The van der Waals surface area contributed by atoms with E-state index in [9.17, 15) is 0 Å². The first kappa shape index (κ1) is 16.8. The topological polar surface area (TPSA) is 38.7 Å². The minimum absolute atomic E-state index is 0.838. The van der Waals surface area contributed by atoms with Gasteiger partial charge in [0.05, 0.1) is 11.7 Å². The van der Waals surface area contributed by atoms with Crippen molar-refractivity contribution in [2.45, 2.75) is 25.7 Å². The highest BCUT2D eigenvalue weighted by Crippen LogP contribution is 2.39. The van der Waals surface area contributed by atoms with Gasteiger partial charge in [0.25, 0.3) is 0 Å². The summed E-state index contributed by atoms with van der Waals surface area (Å²) in [6.45, 7) is 0. The number of nitrogens with zero attached hydrogens (tertiary/aromatic N) is 3. The molecule has 3 heteroatoms. The van der Waals surface area contributed by atoms with Crippen molar-refractivity contribution in [3.63, 3.8) is 0 Å². The highest BCUT2D eigenvalue weighted by molar-refractivity contribution is 5.93. The molecule has 0 unspecified atom stereocenters. The van der Waals surface area contributed by atoms with Crippen LogP contribution in [0.25, 0.3) is 27.4 Å². The maximum atomic E-state index is 4.06. The van der Waals surface area contributed by atoms with Crippen molar-refractivity contribution in [1.82, 2.24) is 15.0 Å². The Morgan fingerprint density at radius 1 is 0.786 bits per heavy atom. The fraction of sp³-hybridized carbons (Fsp3) is 0.160. The Labute approximate surface area is 164 Å². The maximum absolute atomic E-state index is 4.06. The van der Waals surface area contributed by atoms with Gasteiger partial charge in [0.1, 0.15) is 11.8 Å². The van der Waals surface area contributed by atoms with Crippen LogP contribution in [0.3, 0.4) is 0 Å². The summed E-state index contributed by atoms with van der Waals surface area (Å²) in [7, 11) is 0. The predicted molar refractivity (Wildman–Crippen MR) is 115 cm³/mol. The molecule has 0 spiro atoms.